The van der Waals surface area contributed by atoms with Crippen LogP contribution in [0.15, 0.2) is 36.5 Å². The van der Waals surface area contributed by atoms with E-state index in [1.165, 1.54) is 27.9 Å². The van der Waals surface area contributed by atoms with Crippen molar-refractivity contribution in [1.29, 1.82) is 0 Å². The van der Waals surface area contributed by atoms with Crippen LogP contribution < -0.4 is 5.32 Å². The van der Waals surface area contributed by atoms with E-state index in [0.29, 0.717) is 13.1 Å². The van der Waals surface area contributed by atoms with Crippen LogP contribution in [0.3, 0.4) is 0 Å². The molecule has 0 aliphatic rings. The highest BCUT2D eigenvalue weighted by Gasteiger charge is 2.21. The lowest BCUT2D eigenvalue weighted by atomic mass is 10.2. The van der Waals surface area contributed by atoms with Crippen molar-refractivity contribution < 1.29 is 18.7 Å². The first-order chi connectivity index (χ1) is 12.7. The first-order valence-corrected chi connectivity index (χ1v) is 8.78. The third-order valence-corrected chi connectivity index (χ3v) is 3.62. The summed E-state index contributed by atoms with van der Waals surface area (Å²) < 4.78 is 20.4. The van der Waals surface area contributed by atoms with Gasteiger partial charge in [0.05, 0.1) is 0 Å². The lowest BCUT2D eigenvalue weighted by Gasteiger charge is -2.26. The molecule has 7 nitrogen and oxygen atoms in total. The van der Waals surface area contributed by atoms with Crippen LogP contribution in [0.2, 0.25) is 0 Å². The molecule has 0 aliphatic carbocycles. The molecule has 27 heavy (non-hydrogen) atoms. The summed E-state index contributed by atoms with van der Waals surface area (Å²) in [7, 11) is 0. The molecule has 146 valence electrons. The van der Waals surface area contributed by atoms with Gasteiger partial charge in [0, 0.05) is 25.8 Å². The molecule has 1 aromatic carbocycles. The fraction of sp³-hybridized carbons (Fsp3) is 0.421. The largest absolute Gasteiger partial charge is 0.444 e. The molecule has 0 unspecified atom stereocenters. The molecule has 2 rings (SSSR count). The molecule has 0 saturated heterocycles. The Kier molecular flexibility index (Phi) is 6.55. The fourth-order valence-electron chi connectivity index (χ4n) is 2.32. The SMILES string of the molecule is CCN(CCNC(=O)c1ccn(-c2ccccc2F)n1)C(=O)OC(C)(C)C. The number of rotatable bonds is 6. The lowest BCUT2D eigenvalue weighted by molar-refractivity contribution is 0.0260. The van der Waals surface area contributed by atoms with Gasteiger partial charge in [0.15, 0.2) is 5.69 Å². The van der Waals surface area contributed by atoms with Gasteiger partial charge in [0.2, 0.25) is 0 Å². The van der Waals surface area contributed by atoms with Crippen molar-refractivity contribution in [2.75, 3.05) is 19.6 Å². The van der Waals surface area contributed by atoms with Crippen LogP contribution in [0.5, 0.6) is 0 Å². The minimum Gasteiger partial charge on any atom is -0.444 e. The van der Waals surface area contributed by atoms with Gasteiger partial charge in [-0.25, -0.2) is 13.9 Å². The van der Waals surface area contributed by atoms with Crippen molar-refractivity contribution >= 4 is 12.0 Å². The highest BCUT2D eigenvalue weighted by atomic mass is 19.1. The third kappa shape index (κ3) is 5.80. The predicted molar refractivity (Wildman–Crippen MR) is 99.3 cm³/mol. The summed E-state index contributed by atoms with van der Waals surface area (Å²) in [5, 5.41) is 6.81. The molecule has 0 aliphatic heterocycles. The van der Waals surface area contributed by atoms with Crippen molar-refractivity contribution in [2.24, 2.45) is 0 Å². The molecule has 0 bridgehead atoms. The Hall–Kier alpha value is -2.90. The van der Waals surface area contributed by atoms with Gasteiger partial charge in [-0.1, -0.05) is 12.1 Å². The third-order valence-electron chi connectivity index (χ3n) is 3.62. The van der Waals surface area contributed by atoms with Crippen molar-refractivity contribution in [2.45, 2.75) is 33.3 Å². The smallest absolute Gasteiger partial charge is 0.410 e. The summed E-state index contributed by atoms with van der Waals surface area (Å²) in [6.07, 6.45) is 1.09. The second kappa shape index (κ2) is 8.66. The molecule has 0 fully saturated rings. The van der Waals surface area contributed by atoms with Crippen LogP contribution in [0.25, 0.3) is 5.69 Å². The van der Waals surface area contributed by atoms with Gasteiger partial charge in [0.1, 0.15) is 17.1 Å². The topological polar surface area (TPSA) is 76.5 Å². The molecule has 8 heteroatoms. The number of likely N-dealkylation sites (N-methyl/N-ethyl adjacent to an activating group) is 1. The van der Waals surface area contributed by atoms with Gasteiger partial charge >= 0.3 is 6.09 Å². The Bertz CT molecular complexity index is 798. The van der Waals surface area contributed by atoms with Crippen LogP contribution in [0.1, 0.15) is 38.2 Å². The summed E-state index contributed by atoms with van der Waals surface area (Å²) in [4.78, 5) is 25.8. The number of aromatic nitrogens is 2. The molecule has 1 heterocycles. The number of halogens is 1. The molecule has 0 saturated carbocycles. The minimum atomic E-state index is -0.576. The van der Waals surface area contributed by atoms with E-state index in [9.17, 15) is 14.0 Å². The van der Waals surface area contributed by atoms with Crippen LogP contribution in [-0.4, -0.2) is 51.9 Å². The summed E-state index contributed by atoms with van der Waals surface area (Å²) >= 11 is 0. The van der Waals surface area contributed by atoms with E-state index in [1.807, 2.05) is 6.92 Å². The number of hydrogen-bond donors (Lipinski definition) is 1. The first-order valence-electron chi connectivity index (χ1n) is 8.78. The normalized spacial score (nSPS) is 11.1. The molecule has 0 atom stereocenters. The van der Waals surface area contributed by atoms with Crippen molar-refractivity contribution in [3.63, 3.8) is 0 Å². The Balaban J connectivity index is 1.91. The van der Waals surface area contributed by atoms with Crippen LogP contribution in [-0.2, 0) is 4.74 Å². The van der Waals surface area contributed by atoms with Gasteiger partial charge in [-0.05, 0) is 45.9 Å². The average molecular weight is 376 g/mol. The van der Waals surface area contributed by atoms with Crippen molar-refractivity contribution in [1.82, 2.24) is 20.0 Å². The van der Waals surface area contributed by atoms with Gasteiger partial charge in [-0.15, -0.1) is 0 Å². The molecule has 0 spiro atoms. The second-order valence-electron chi connectivity index (χ2n) is 6.91. The summed E-state index contributed by atoms with van der Waals surface area (Å²) in [6, 6.07) is 7.68. The van der Waals surface area contributed by atoms with E-state index in [4.69, 9.17) is 4.74 Å². The van der Waals surface area contributed by atoms with E-state index in [-0.39, 0.29) is 17.9 Å². The van der Waals surface area contributed by atoms with Gasteiger partial charge in [-0.3, -0.25) is 4.79 Å². The van der Waals surface area contributed by atoms with E-state index < -0.39 is 23.4 Å². The quantitative estimate of drug-likeness (QED) is 0.841. The summed E-state index contributed by atoms with van der Waals surface area (Å²) in [5.41, 5.74) is -0.148. The standard InChI is InChI=1S/C19H25FN4O3/c1-5-23(18(26)27-19(2,3)4)13-11-21-17(25)15-10-12-24(22-15)16-9-7-6-8-14(16)20/h6-10,12H,5,11,13H2,1-4H3,(H,21,25). The van der Waals surface area contributed by atoms with Crippen LogP contribution in [0, 0.1) is 5.82 Å². The predicted octanol–water partition coefficient (Wildman–Crippen LogP) is 3.00. The van der Waals surface area contributed by atoms with Gasteiger partial charge in [-0.2, -0.15) is 5.10 Å². The Morgan fingerprint density at radius 2 is 1.96 bits per heavy atom. The zero-order valence-corrected chi connectivity index (χ0v) is 16.0. The highest BCUT2D eigenvalue weighted by molar-refractivity contribution is 5.92. The number of carbonyl (C=O) groups is 2. The minimum absolute atomic E-state index is 0.165. The van der Waals surface area contributed by atoms with Crippen molar-refractivity contribution in [3.8, 4) is 5.69 Å². The Labute approximate surface area is 158 Å². The number of nitrogens with one attached hydrogen (secondary N) is 1. The molecular weight excluding hydrogens is 351 g/mol. The maximum Gasteiger partial charge on any atom is 0.410 e. The molecule has 0 radical (unpaired) electrons. The number of hydrogen-bond acceptors (Lipinski definition) is 4. The van der Waals surface area contributed by atoms with Crippen molar-refractivity contribution in [3.05, 3.63) is 48.0 Å². The fourth-order valence-corrected chi connectivity index (χ4v) is 2.32. The maximum atomic E-state index is 13.8. The first kappa shape index (κ1) is 20.4. The summed E-state index contributed by atoms with van der Waals surface area (Å²) in [5.74, 6) is -0.825. The average Bonchev–Trinajstić information content (AvgIpc) is 3.07. The second-order valence-corrected chi connectivity index (χ2v) is 6.91. The molecule has 2 amide bonds. The maximum absolute atomic E-state index is 13.8. The summed E-state index contributed by atoms with van der Waals surface area (Å²) in [6.45, 7) is 8.25. The zero-order chi connectivity index (χ0) is 20.0. The number of para-hydroxylation sites is 1. The van der Waals surface area contributed by atoms with Gasteiger partial charge in [0.25, 0.3) is 5.91 Å². The van der Waals surface area contributed by atoms with Crippen LogP contribution in [0.4, 0.5) is 9.18 Å². The zero-order valence-electron chi connectivity index (χ0n) is 16.0. The van der Waals surface area contributed by atoms with E-state index in [2.05, 4.69) is 10.4 Å². The lowest BCUT2D eigenvalue weighted by Crippen LogP contribution is -2.41. The highest BCUT2D eigenvalue weighted by Crippen LogP contribution is 2.12. The Morgan fingerprint density at radius 3 is 2.59 bits per heavy atom. The number of ether oxygens (including phenoxy) is 1. The van der Waals surface area contributed by atoms with E-state index in [1.54, 1.807) is 39.0 Å². The Morgan fingerprint density at radius 1 is 1.26 bits per heavy atom. The molecular formula is C19H25FN4O3. The number of amides is 2. The number of benzene rings is 1. The number of carbonyl (C=O) groups excluding carboxylic acids is 2. The number of nitrogens with zero attached hydrogens (tertiary/aromatic N) is 3. The molecule has 2 aromatic rings. The monoisotopic (exact) mass is 376 g/mol. The van der Waals surface area contributed by atoms with Crippen LogP contribution >= 0.6 is 0 Å². The molecule has 1 N–H and O–H groups in total. The van der Waals surface area contributed by atoms with Gasteiger partial charge < -0.3 is 15.0 Å². The van der Waals surface area contributed by atoms with E-state index >= 15 is 0 Å². The molecule has 1 aromatic heterocycles. The van der Waals surface area contributed by atoms with E-state index in [0.717, 1.165) is 0 Å².